The molecule has 2 rings (SSSR count). The van der Waals surface area contributed by atoms with Gasteiger partial charge in [0.25, 0.3) is 0 Å². The molecule has 0 aliphatic carbocycles. The number of rotatable bonds is 7. The SMILES string of the molecule is CC(C(=O)OCCCO)c1cccc(C(=O)c2ccccc2)c1. The van der Waals surface area contributed by atoms with Crippen molar-refractivity contribution in [3.8, 4) is 0 Å². The van der Waals surface area contributed by atoms with E-state index in [2.05, 4.69) is 0 Å². The van der Waals surface area contributed by atoms with Gasteiger partial charge in [0.15, 0.2) is 5.78 Å². The molecule has 0 saturated carbocycles. The van der Waals surface area contributed by atoms with Crippen LogP contribution in [0.5, 0.6) is 0 Å². The Labute approximate surface area is 135 Å². The first-order valence-corrected chi connectivity index (χ1v) is 7.60. The van der Waals surface area contributed by atoms with Crippen molar-refractivity contribution in [1.29, 1.82) is 0 Å². The van der Waals surface area contributed by atoms with E-state index in [-0.39, 0.29) is 25.0 Å². The summed E-state index contributed by atoms with van der Waals surface area (Å²) in [5, 5.41) is 8.71. The Kier molecular flexibility index (Phi) is 6.06. The highest BCUT2D eigenvalue weighted by Gasteiger charge is 2.18. The Hall–Kier alpha value is -2.46. The van der Waals surface area contributed by atoms with Crippen molar-refractivity contribution >= 4 is 11.8 Å². The Morgan fingerprint density at radius 1 is 1.04 bits per heavy atom. The predicted molar refractivity (Wildman–Crippen MR) is 87.4 cm³/mol. The van der Waals surface area contributed by atoms with Gasteiger partial charge < -0.3 is 9.84 Å². The van der Waals surface area contributed by atoms with Crippen LogP contribution in [0.25, 0.3) is 0 Å². The maximum atomic E-state index is 12.5. The fourth-order valence-electron chi connectivity index (χ4n) is 2.20. The zero-order chi connectivity index (χ0) is 16.7. The zero-order valence-electron chi connectivity index (χ0n) is 13.1. The van der Waals surface area contributed by atoms with Gasteiger partial charge in [0, 0.05) is 24.2 Å². The molecule has 4 heteroatoms. The first kappa shape index (κ1) is 16.9. The Morgan fingerprint density at radius 2 is 1.74 bits per heavy atom. The van der Waals surface area contributed by atoms with E-state index in [1.807, 2.05) is 18.2 Å². The number of ketones is 1. The lowest BCUT2D eigenvalue weighted by molar-refractivity contribution is -0.145. The first-order chi connectivity index (χ1) is 11.1. The third-order valence-electron chi connectivity index (χ3n) is 3.59. The van der Waals surface area contributed by atoms with Gasteiger partial charge in [-0.25, -0.2) is 0 Å². The lowest BCUT2D eigenvalue weighted by Crippen LogP contribution is -2.15. The summed E-state index contributed by atoms with van der Waals surface area (Å²) in [6, 6.07) is 16.1. The van der Waals surface area contributed by atoms with Crippen LogP contribution in [0.2, 0.25) is 0 Å². The maximum absolute atomic E-state index is 12.5. The van der Waals surface area contributed by atoms with Crippen molar-refractivity contribution in [3.05, 3.63) is 71.3 Å². The molecule has 1 N–H and O–H groups in total. The highest BCUT2D eigenvalue weighted by molar-refractivity contribution is 6.09. The molecule has 23 heavy (non-hydrogen) atoms. The zero-order valence-corrected chi connectivity index (χ0v) is 13.1. The summed E-state index contributed by atoms with van der Waals surface area (Å²) in [6.45, 7) is 1.93. The van der Waals surface area contributed by atoms with E-state index in [4.69, 9.17) is 9.84 Å². The quantitative estimate of drug-likeness (QED) is 0.485. The summed E-state index contributed by atoms with van der Waals surface area (Å²) >= 11 is 0. The van der Waals surface area contributed by atoms with Crippen molar-refractivity contribution in [1.82, 2.24) is 0 Å². The van der Waals surface area contributed by atoms with E-state index in [0.717, 1.165) is 5.56 Å². The fraction of sp³-hybridized carbons (Fsp3) is 0.263. The summed E-state index contributed by atoms with van der Waals surface area (Å²) in [6.07, 6.45) is 0.422. The van der Waals surface area contributed by atoms with E-state index in [1.54, 1.807) is 43.3 Å². The van der Waals surface area contributed by atoms with E-state index < -0.39 is 5.92 Å². The summed E-state index contributed by atoms with van der Waals surface area (Å²) in [5.74, 6) is -0.895. The molecule has 1 atom stereocenters. The van der Waals surface area contributed by atoms with Gasteiger partial charge in [-0.2, -0.15) is 0 Å². The number of hydrogen-bond acceptors (Lipinski definition) is 4. The van der Waals surface area contributed by atoms with Crippen LogP contribution >= 0.6 is 0 Å². The van der Waals surface area contributed by atoms with Crippen molar-refractivity contribution in [2.24, 2.45) is 0 Å². The van der Waals surface area contributed by atoms with E-state index >= 15 is 0 Å². The fourth-order valence-corrected chi connectivity index (χ4v) is 2.20. The number of benzene rings is 2. The van der Waals surface area contributed by atoms with Crippen LogP contribution in [0.3, 0.4) is 0 Å². The molecule has 0 saturated heterocycles. The molecule has 0 fully saturated rings. The Morgan fingerprint density at radius 3 is 2.43 bits per heavy atom. The number of carbonyl (C=O) groups is 2. The summed E-state index contributed by atoms with van der Waals surface area (Å²) in [4.78, 5) is 24.4. The van der Waals surface area contributed by atoms with Crippen molar-refractivity contribution < 1.29 is 19.4 Å². The third kappa shape index (κ3) is 4.50. The molecule has 0 radical (unpaired) electrons. The lowest BCUT2D eigenvalue weighted by atomic mass is 9.96. The molecule has 0 aromatic heterocycles. The highest BCUT2D eigenvalue weighted by atomic mass is 16.5. The second kappa shape index (κ2) is 8.25. The number of aliphatic hydroxyl groups is 1. The molecule has 0 heterocycles. The first-order valence-electron chi connectivity index (χ1n) is 7.60. The monoisotopic (exact) mass is 312 g/mol. The minimum absolute atomic E-state index is 0.0112. The van der Waals surface area contributed by atoms with Crippen LogP contribution in [-0.4, -0.2) is 30.1 Å². The van der Waals surface area contributed by atoms with Gasteiger partial charge in [0.1, 0.15) is 0 Å². The third-order valence-corrected chi connectivity index (χ3v) is 3.59. The molecule has 4 nitrogen and oxygen atoms in total. The van der Waals surface area contributed by atoms with Gasteiger partial charge in [0.2, 0.25) is 0 Å². The second-order valence-corrected chi connectivity index (χ2v) is 5.29. The standard InChI is InChI=1S/C19H20O4/c1-14(19(22)23-12-6-11-20)16-9-5-10-17(13-16)18(21)15-7-3-2-4-8-15/h2-5,7-10,13-14,20H,6,11-12H2,1H3. The molecule has 120 valence electrons. The van der Waals surface area contributed by atoms with Crippen molar-refractivity contribution in [3.63, 3.8) is 0 Å². The number of carbonyl (C=O) groups excluding carboxylic acids is 2. The van der Waals surface area contributed by atoms with Gasteiger partial charge in [-0.05, 0) is 18.6 Å². The summed E-state index contributed by atoms with van der Waals surface area (Å²) in [7, 11) is 0. The summed E-state index contributed by atoms with van der Waals surface area (Å²) in [5.41, 5.74) is 1.90. The number of ether oxygens (including phenoxy) is 1. The molecule has 2 aromatic rings. The Balaban J connectivity index is 2.13. The molecular formula is C19H20O4. The minimum atomic E-state index is -0.461. The lowest BCUT2D eigenvalue weighted by Gasteiger charge is -2.12. The van der Waals surface area contributed by atoms with Gasteiger partial charge in [-0.1, -0.05) is 48.5 Å². The van der Waals surface area contributed by atoms with Crippen molar-refractivity contribution in [2.45, 2.75) is 19.3 Å². The number of esters is 1. The van der Waals surface area contributed by atoms with Gasteiger partial charge in [-0.15, -0.1) is 0 Å². The van der Waals surface area contributed by atoms with Crippen molar-refractivity contribution in [2.75, 3.05) is 13.2 Å². The van der Waals surface area contributed by atoms with Gasteiger partial charge in [-0.3, -0.25) is 9.59 Å². The van der Waals surface area contributed by atoms with Crippen LogP contribution in [0, 0.1) is 0 Å². The second-order valence-electron chi connectivity index (χ2n) is 5.29. The normalized spacial score (nSPS) is 11.7. The average Bonchev–Trinajstić information content (AvgIpc) is 2.61. The minimum Gasteiger partial charge on any atom is -0.465 e. The van der Waals surface area contributed by atoms with Crippen LogP contribution < -0.4 is 0 Å². The van der Waals surface area contributed by atoms with Crippen LogP contribution in [0.15, 0.2) is 54.6 Å². The summed E-state index contributed by atoms with van der Waals surface area (Å²) < 4.78 is 5.10. The highest BCUT2D eigenvalue weighted by Crippen LogP contribution is 2.20. The average molecular weight is 312 g/mol. The van der Waals surface area contributed by atoms with E-state index in [9.17, 15) is 9.59 Å². The molecule has 0 aliphatic heterocycles. The molecule has 0 aliphatic rings. The van der Waals surface area contributed by atoms with Crippen LogP contribution in [0.4, 0.5) is 0 Å². The van der Waals surface area contributed by atoms with Crippen LogP contribution in [-0.2, 0) is 9.53 Å². The molecule has 0 spiro atoms. The largest absolute Gasteiger partial charge is 0.465 e. The molecule has 0 amide bonds. The smallest absolute Gasteiger partial charge is 0.313 e. The van der Waals surface area contributed by atoms with E-state index in [0.29, 0.717) is 17.5 Å². The predicted octanol–water partition coefficient (Wildman–Crippen LogP) is 2.95. The molecule has 2 aromatic carbocycles. The maximum Gasteiger partial charge on any atom is 0.313 e. The number of aliphatic hydroxyl groups excluding tert-OH is 1. The molecule has 0 bridgehead atoms. The van der Waals surface area contributed by atoms with Crippen LogP contribution in [0.1, 0.15) is 40.7 Å². The number of hydrogen-bond donors (Lipinski definition) is 1. The molecule has 1 unspecified atom stereocenters. The van der Waals surface area contributed by atoms with E-state index in [1.165, 1.54) is 0 Å². The topological polar surface area (TPSA) is 63.6 Å². The Bertz CT molecular complexity index is 664. The van der Waals surface area contributed by atoms with Gasteiger partial charge in [0.05, 0.1) is 12.5 Å². The molecular weight excluding hydrogens is 292 g/mol. The van der Waals surface area contributed by atoms with Gasteiger partial charge >= 0.3 is 5.97 Å².